The minimum absolute atomic E-state index is 0.0725. The van der Waals surface area contributed by atoms with Gasteiger partial charge in [-0.15, -0.1) is 0 Å². The van der Waals surface area contributed by atoms with Gasteiger partial charge in [0.15, 0.2) is 15.8 Å². The van der Waals surface area contributed by atoms with E-state index >= 15 is 0 Å². The third kappa shape index (κ3) is 4.84. The van der Waals surface area contributed by atoms with Gasteiger partial charge >= 0.3 is 6.09 Å². The third-order valence-corrected chi connectivity index (χ3v) is 5.19. The van der Waals surface area contributed by atoms with E-state index in [1.54, 1.807) is 31.2 Å². The van der Waals surface area contributed by atoms with Crippen molar-refractivity contribution in [3.63, 3.8) is 0 Å². The van der Waals surface area contributed by atoms with E-state index in [1.165, 1.54) is 17.3 Å². The van der Waals surface area contributed by atoms with Gasteiger partial charge in [0, 0.05) is 17.7 Å². The van der Waals surface area contributed by atoms with Crippen LogP contribution in [0.4, 0.5) is 10.5 Å². The zero-order chi connectivity index (χ0) is 20.2. The number of hydrogen-bond donors (Lipinski definition) is 4. The number of cyclic esters (lactones) is 1. The van der Waals surface area contributed by atoms with Gasteiger partial charge in [-0.25, -0.2) is 14.5 Å². The van der Waals surface area contributed by atoms with E-state index in [4.69, 9.17) is 15.1 Å². The summed E-state index contributed by atoms with van der Waals surface area (Å²) in [6.45, 7) is 2.82. The molecule has 0 radical (unpaired) electrons. The van der Waals surface area contributed by atoms with Crippen LogP contribution in [-0.4, -0.2) is 54.6 Å². The molecule has 1 fully saturated rings. The summed E-state index contributed by atoms with van der Waals surface area (Å²) in [5, 5.41) is 18.0. The number of benzene rings is 1. The summed E-state index contributed by atoms with van der Waals surface area (Å²) >= 11 is -2.59. The molecule has 27 heavy (non-hydrogen) atoms. The van der Waals surface area contributed by atoms with Crippen molar-refractivity contribution in [2.24, 2.45) is 0 Å². The normalized spacial score (nSPS) is 20.7. The number of carbonyl (C=O) groups excluding carboxylic acids is 2. The van der Waals surface area contributed by atoms with Crippen LogP contribution >= 0.6 is 0 Å². The Morgan fingerprint density at radius 3 is 2.63 bits per heavy atom. The Kier molecular flexibility index (Phi) is 6.56. The number of aliphatic hydroxyl groups excluding tert-OH is 1. The van der Waals surface area contributed by atoms with Crippen LogP contribution in [0.15, 0.2) is 24.3 Å². The molecule has 0 spiro atoms. The number of hydrogen-bond acceptors (Lipinski definition) is 6. The average molecular weight is 396 g/mol. The zero-order valence-corrected chi connectivity index (χ0v) is 15.5. The van der Waals surface area contributed by atoms with Crippen molar-refractivity contribution in [3.8, 4) is 11.8 Å². The summed E-state index contributed by atoms with van der Waals surface area (Å²) in [4.78, 5) is 25.2. The van der Waals surface area contributed by atoms with Crippen LogP contribution in [0.5, 0.6) is 0 Å². The summed E-state index contributed by atoms with van der Waals surface area (Å²) in [7, 11) is 0. The number of anilines is 1. The molecule has 0 aromatic heterocycles. The molecule has 0 saturated carbocycles. The summed E-state index contributed by atoms with van der Waals surface area (Å²) in [5.41, 5.74) is 2.55. The first kappa shape index (κ1) is 20.9. The molecule has 10 heteroatoms. The van der Waals surface area contributed by atoms with Crippen LogP contribution in [-0.2, 0) is 20.6 Å². The molecule has 1 aliphatic rings. The largest absolute Gasteiger partial charge is 0.444 e. The van der Waals surface area contributed by atoms with Gasteiger partial charge in [-0.2, -0.15) is 0 Å². The smallest absolute Gasteiger partial charge is 0.414 e. The van der Waals surface area contributed by atoms with Crippen LogP contribution in [0.1, 0.15) is 25.8 Å². The predicted octanol–water partition coefficient (Wildman–Crippen LogP) is 0.620. The van der Waals surface area contributed by atoms with E-state index in [0.29, 0.717) is 11.3 Å². The van der Waals surface area contributed by atoms with Crippen LogP contribution in [0.2, 0.25) is 0 Å². The number of nitrogens with zero attached hydrogens (tertiary/aromatic N) is 1. The van der Waals surface area contributed by atoms with Crippen molar-refractivity contribution in [2.45, 2.75) is 37.2 Å². The lowest BCUT2D eigenvalue weighted by atomic mass is 10.0. The zero-order valence-electron chi connectivity index (χ0n) is 14.7. The summed E-state index contributed by atoms with van der Waals surface area (Å²) in [6.07, 6.45) is -2.46. The van der Waals surface area contributed by atoms with Crippen LogP contribution in [0.25, 0.3) is 0 Å². The van der Waals surface area contributed by atoms with Crippen molar-refractivity contribution in [1.82, 2.24) is 5.48 Å². The molecule has 1 aromatic carbocycles. The molecule has 2 rings (SSSR count). The minimum Gasteiger partial charge on any atom is -0.444 e. The van der Waals surface area contributed by atoms with E-state index < -0.39 is 40.0 Å². The first-order chi connectivity index (χ1) is 12.7. The maximum Gasteiger partial charge on any atom is 0.414 e. The second kappa shape index (κ2) is 8.49. The Labute approximate surface area is 158 Å². The molecule has 1 aliphatic heterocycles. The van der Waals surface area contributed by atoms with Crippen molar-refractivity contribution in [1.29, 1.82) is 0 Å². The number of hydroxylamine groups is 1. The molecule has 1 heterocycles. The van der Waals surface area contributed by atoms with Gasteiger partial charge in [-0.05, 0) is 38.1 Å². The fourth-order valence-corrected chi connectivity index (χ4v) is 3.08. The van der Waals surface area contributed by atoms with E-state index in [-0.39, 0.29) is 13.0 Å². The summed E-state index contributed by atoms with van der Waals surface area (Å²) < 4.78 is 24.3. The van der Waals surface area contributed by atoms with Crippen molar-refractivity contribution in [2.75, 3.05) is 11.4 Å². The lowest BCUT2D eigenvalue weighted by molar-refractivity contribution is -0.132. The van der Waals surface area contributed by atoms with Crippen molar-refractivity contribution in [3.05, 3.63) is 29.8 Å². The number of carbonyl (C=O) groups is 2. The molecule has 9 nitrogen and oxygen atoms in total. The van der Waals surface area contributed by atoms with Gasteiger partial charge in [-0.1, -0.05) is 11.8 Å². The Balaban J connectivity index is 2.12. The highest BCUT2D eigenvalue weighted by Gasteiger charge is 2.45. The quantitative estimate of drug-likeness (QED) is 0.248. The lowest BCUT2D eigenvalue weighted by Crippen LogP contribution is -2.49. The van der Waals surface area contributed by atoms with Gasteiger partial charge < -0.3 is 14.4 Å². The van der Waals surface area contributed by atoms with Crippen LogP contribution < -0.4 is 10.4 Å². The highest BCUT2D eigenvalue weighted by molar-refractivity contribution is 7.81. The Bertz CT molecular complexity index is 800. The van der Waals surface area contributed by atoms with Gasteiger partial charge in [0.25, 0.3) is 5.91 Å². The molecule has 0 aliphatic carbocycles. The van der Waals surface area contributed by atoms with Crippen LogP contribution in [0.3, 0.4) is 0 Å². The van der Waals surface area contributed by atoms with E-state index in [1.807, 2.05) is 0 Å². The fraction of sp³-hybridized carbons (Fsp3) is 0.412. The molecule has 4 atom stereocenters. The SMILES string of the molecule is CC(O)C#Cc1ccc(N2CC(CC(C)(C(=O)NO)S(=O)O)OC2=O)cc1. The molecule has 1 aromatic rings. The Morgan fingerprint density at radius 1 is 1.48 bits per heavy atom. The maximum absolute atomic E-state index is 12.1. The standard InChI is InChI=1S/C17H20N2O7S/c1-11(20)3-4-12-5-7-13(8-6-12)19-10-14(26-16(19)22)9-17(2,27(24)25)15(21)18-23/h5-8,11,14,20,23H,9-10H2,1-2H3,(H,18,21)(H,24,25). The third-order valence-electron chi connectivity index (χ3n) is 4.06. The van der Waals surface area contributed by atoms with Gasteiger partial charge in [0.05, 0.1) is 6.54 Å². The van der Waals surface area contributed by atoms with Crippen molar-refractivity contribution < 1.29 is 33.4 Å². The number of ether oxygens (including phenoxy) is 1. The molecule has 4 unspecified atom stereocenters. The topological polar surface area (TPSA) is 136 Å². The highest BCUT2D eigenvalue weighted by Crippen LogP contribution is 2.28. The first-order valence-electron chi connectivity index (χ1n) is 8.00. The second-order valence-corrected chi connectivity index (χ2v) is 7.63. The molecule has 0 bridgehead atoms. The first-order valence-corrected chi connectivity index (χ1v) is 9.11. The number of nitrogens with one attached hydrogen (secondary N) is 1. The predicted molar refractivity (Wildman–Crippen MR) is 96.3 cm³/mol. The molecule has 1 saturated heterocycles. The van der Waals surface area contributed by atoms with E-state index in [9.17, 15) is 18.4 Å². The van der Waals surface area contributed by atoms with E-state index in [2.05, 4.69) is 11.8 Å². The molecule has 2 amide bonds. The second-order valence-electron chi connectivity index (χ2n) is 6.23. The van der Waals surface area contributed by atoms with Crippen molar-refractivity contribution >= 4 is 28.8 Å². The summed E-state index contributed by atoms with van der Waals surface area (Å²) in [6, 6.07) is 6.66. The fourth-order valence-electron chi connectivity index (χ4n) is 2.55. The Hall–Kier alpha value is -2.45. The van der Waals surface area contributed by atoms with Crippen LogP contribution in [0, 0.1) is 11.8 Å². The average Bonchev–Trinajstić information content (AvgIpc) is 2.99. The number of rotatable bonds is 5. The maximum atomic E-state index is 12.1. The Morgan fingerprint density at radius 2 is 2.11 bits per heavy atom. The van der Waals surface area contributed by atoms with Gasteiger partial charge in [0.1, 0.15) is 12.2 Å². The minimum atomic E-state index is -2.59. The van der Waals surface area contributed by atoms with Gasteiger partial charge in [0.2, 0.25) is 0 Å². The monoisotopic (exact) mass is 396 g/mol. The number of aliphatic hydroxyl groups is 1. The number of amides is 2. The molecular weight excluding hydrogens is 376 g/mol. The highest BCUT2D eigenvalue weighted by atomic mass is 32.2. The molecule has 146 valence electrons. The van der Waals surface area contributed by atoms with E-state index in [0.717, 1.165) is 0 Å². The van der Waals surface area contributed by atoms with Gasteiger partial charge in [-0.3, -0.25) is 14.9 Å². The molecular formula is C17H20N2O7S. The lowest BCUT2D eigenvalue weighted by Gasteiger charge is -2.25. The summed E-state index contributed by atoms with van der Waals surface area (Å²) in [5.74, 6) is 4.35. The molecule has 4 N–H and O–H groups in total.